The van der Waals surface area contributed by atoms with Gasteiger partial charge in [0.1, 0.15) is 24.7 Å². The average Bonchev–Trinajstić information content (AvgIpc) is 3.81. The number of aromatic nitrogens is 6. The minimum absolute atomic E-state index is 0.0380. The molecule has 2 aliphatic rings. The molecule has 0 bridgehead atoms. The second-order valence-electron chi connectivity index (χ2n) is 13.7. The number of alkyl halides is 4. The molecule has 0 aliphatic carbocycles. The lowest BCUT2D eigenvalue weighted by atomic mass is 10.1. The van der Waals surface area contributed by atoms with Gasteiger partial charge in [-0.05, 0) is 43.5 Å². The van der Waals surface area contributed by atoms with Crippen molar-refractivity contribution in [1.82, 2.24) is 38.9 Å². The van der Waals surface area contributed by atoms with Gasteiger partial charge in [-0.25, -0.2) is 14.4 Å². The highest BCUT2D eigenvalue weighted by molar-refractivity contribution is 6.33. The number of halogens is 5. The Labute approximate surface area is 322 Å². The Balaban J connectivity index is 1.22. The van der Waals surface area contributed by atoms with E-state index in [-0.39, 0.29) is 77.7 Å². The number of nitrogens with zero attached hydrogens (tertiary/aromatic N) is 9. The van der Waals surface area contributed by atoms with Crippen molar-refractivity contribution in [3.63, 3.8) is 0 Å². The maximum atomic E-state index is 14.4. The standard InChI is InChI=1S/C37H37ClF4N10O4/c1-3-28-31(49-12-14-50(15-13-49)34(55)30-32(54)21(2)43-20-44-30)35(56)52-36(51(28)19-29(53)45-27-9-8-24(16-26(27)38)37(40,41)42)46-33(47-52)23-6-4-22(5-7-23)17-48-11-10-25(39)18-48/h4-9,16,20,25,54H,3,10-15,17-19H2,1-2H3,(H,45,53)/t25-/m1/s1. The number of carbonyl (C=O) groups is 2. The molecule has 0 radical (unpaired) electrons. The zero-order chi connectivity index (χ0) is 39.9. The first-order valence-electron chi connectivity index (χ1n) is 17.9. The molecule has 2 saturated heterocycles. The number of likely N-dealkylation sites (tertiary alicyclic amines) is 1. The first-order valence-corrected chi connectivity index (χ1v) is 18.3. The van der Waals surface area contributed by atoms with Crippen LogP contribution >= 0.6 is 11.6 Å². The first-order chi connectivity index (χ1) is 26.7. The van der Waals surface area contributed by atoms with Crippen LogP contribution in [-0.4, -0.2) is 101 Å². The Bertz CT molecular complexity index is 2360. The topological polar surface area (TPSA) is 154 Å². The maximum Gasteiger partial charge on any atom is 0.416 e. The van der Waals surface area contributed by atoms with E-state index < -0.39 is 41.8 Å². The molecule has 14 nitrogen and oxygen atoms in total. The van der Waals surface area contributed by atoms with E-state index in [1.165, 1.54) is 15.8 Å². The number of aromatic hydroxyl groups is 1. The second-order valence-corrected chi connectivity index (χ2v) is 14.1. The van der Waals surface area contributed by atoms with Gasteiger partial charge in [-0.1, -0.05) is 42.8 Å². The number of nitrogens with one attached hydrogen (secondary N) is 1. The van der Waals surface area contributed by atoms with Gasteiger partial charge in [0, 0.05) is 51.4 Å². The van der Waals surface area contributed by atoms with Gasteiger partial charge in [-0.3, -0.25) is 19.3 Å². The fraction of sp³-hybridized carbons (Fsp3) is 0.378. The SMILES string of the molecule is CCc1c(N2CCN(C(=O)c3ncnc(C)c3O)CC2)c(=O)n2nc(-c3ccc(CN4CC[C@@H](F)C4)cc3)nc2n1CC(=O)Nc1ccc(C(F)(F)F)cc1Cl. The van der Waals surface area contributed by atoms with Gasteiger partial charge < -0.3 is 24.8 Å². The smallest absolute Gasteiger partial charge is 0.416 e. The molecule has 5 aromatic rings. The molecule has 19 heteroatoms. The Hall–Kier alpha value is -5.62. The van der Waals surface area contributed by atoms with Crippen molar-refractivity contribution in [3.05, 3.63) is 92.4 Å². The van der Waals surface area contributed by atoms with Crippen molar-refractivity contribution in [2.45, 2.75) is 52.1 Å². The molecule has 7 rings (SSSR count). The zero-order valence-corrected chi connectivity index (χ0v) is 31.1. The molecule has 2 aliphatic heterocycles. The predicted octanol–water partition coefficient (Wildman–Crippen LogP) is 4.74. The Kier molecular flexibility index (Phi) is 10.7. The highest BCUT2D eigenvalue weighted by Crippen LogP contribution is 2.34. The summed E-state index contributed by atoms with van der Waals surface area (Å²) in [5, 5.41) is 17.3. The third kappa shape index (κ3) is 7.75. The molecule has 2 amide bonds. The van der Waals surface area contributed by atoms with E-state index in [1.807, 2.05) is 17.0 Å². The van der Waals surface area contributed by atoms with Crippen molar-refractivity contribution < 1.29 is 32.3 Å². The van der Waals surface area contributed by atoms with E-state index in [0.717, 1.165) is 28.3 Å². The average molecular weight is 797 g/mol. The lowest BCUT2D eigenvalue weighted by molar-refractivity contribution is -0.137. The summed E-state index contributed by atoms with van der Waals surface area (Å²) < 4.78 is 56.2. The van der Waals surface area contributed by atoms with Crippen molar-refractivity contribution in [2.24, 2.45) is 0 Å². The minimum atomic E-state index is -4.63. The van der Waals surface area contributed by atoms with E-state index in [4.69, 9.17) is 16.6 Å². The van der Waals surface area contributed by atoms with E-state index in [2.05, 4.69) is 20.4 Å². The molecular formula is C37H37ClF4N10O4. The van der Waals surface area contributed by atoms with Crippen molar-refractivity contribution in [3.8, 4) is 17.1 Å². The number of carbonyl (C=O) groups excluding carboxylic acids is 2. The van der Waals surface area contributed by atoms with Crippen LogP contribution in [-0.2, 0) is 30.5 Å². The van der Waals surface area contributed by atoms with Gasteiger partial charge in [0.2, 0.25) is 11.7 Å². The number of amides is 2. The van der Waals surface area contributed by atoms with Gasteiger partial charge in [0.25, 0.3) is 11.5 Å². The Morgan fingerprint density at radius 1 is 1.04 bits per heavy atom. The molecule has 5 heterocycles. The molecule has 0 saturated carbocycles. The summed E-state index contributed by atoms with van der Waals surface area (Å²) in [4.78, 5) is 59.2. The second kappa shape index (κ2) is 15.5. The fourth-order valence-electron chi connectivity index (χ4n) is 7.03. The Morgan fingerprint density at radius 2 is 1.77 bits per heavy atom. The molecule has 2 fully saturated rings. The van der Waals surface area contributed by atoms with E-state index in [1.54, 1.807) is 30.9 Å². The number of rotatable bonds is 9. The third-order valence-electron chi connectivity index (χ3n) is 9.96. The summed E-state index contributed by atoms with van der Waals surface area (Å²) in [6.07, 6.45) is -3.52. The van der Waals surface area contributed by atoms with Crippen LogP contribution in [0.25, 0.3) is 17.2 Å². The lowest BCUT2D eigenvalue weighted by Gasteiger charge is -2.36. The van der Waals surface area contributed by atoms with Crippen LogP contribution in [0.3, 0.4) is 0 Å². The number of fused-ring (bicyclic) bond motifs is 1. The third-order valence-corrected chi connectivity index (χ3v) is 10.3. The van der Waals surface area contributed by atoms with Crippen molar-refractivity contribution in [2.75, 3.05) is 49.5 Å². The van der Waals surface area contributed by atoms with Crippen LogP contribution in [0.2, 0.25) is 5.02 Å². The number of anilines is 2. The number of piperazine rings is 1. The first kappa shape index (κ1) is 38.6. The van der Waals surface area contributed by atoms with E-state index in [9.17, 15) is 37.1 Å². The monoisotopic (exact) mass is 796 g/mol. The molecule has 56 heavy (non-hydrogen) atoms. The van der Waals surface area contributed by atoms with Crippen molar-refractivity contribution >= 4 is 40.6 Å². The van der Waals surface area contributed by atoms with Crippen LogP contribution in [0.5, 0.6) is 5.75 Å². The maximum absolute atomic E-state index is 14.4. The summed E-state index contributed by atoms with van der Waals surface area (Å²) in [7, 11) is 0. The summed E-state index contributed by atoms with van der Waals surface area (Å²) in [6, 6.07) is 9.97. The molecule has 294 valence electrons. The molecule has 3 aromatic heterocycles. The largest absolute Gasteiger partial charge is 0.504 e. The van der Waals surface area contributed by atoms with E-state index in [0.29, 0.717) is 37.3 Å². The number of benzene rings is 2. The fourth-order valence-corrected chi connectivity index (χ4v) is 7.26. The minimum Gasteiger partial charge on any atom is -0.504 e. The van der Waals surface area contributed by atoms with Gasteiger partial charge >= 0.3 is 6.18 Å². The summed E-state index contributed by atoms with van der Waals surface area (Å²) in [6.45, 7) is 5.33. The predicted molar refractivity (Wildman–Crippen MR) is 198 cm³/mol. The van der Waals surface area contributed by atoms with Crippen LogP contribution in [0.15, 0.2) is 53.6 Å². The highest BCUT2D eigenvalue weighted by atomic mass is 35.5. The summed E-state index contributed by atoms with van der Waals surface area (Å²) in [5.41, 5.74) is 0.831. The molecule has 0 spiro atoms. The molecule has 1 atom stereocenters. The van der Waals surface area contributed by atoms with Crippen LogP contribution < -0.4 is 15.8 Å². The Morgan fingerprint density at radius 3 is 2.41 bits per heavy atom. The van der Waals surface area contributed by atoms with Gasteiger partial charge in [0.05, 0.1) is 27.7 Å². The summed E-state index contributed by atoms with van der Waals surface area (Å²) in [5.74, 6) is -1.20. The normalized spacial score (nSPS) is 16.5. The van der Waals surface area contributed by atoms with Crippen molar-refractivity contribution in [1.29, 1.82) is 0 Å². The van der Waals surface area contributed by atoms with Crippen LogP contribution in [0, 0.1) is 6.92 Å². The van der Waals surface area contributed by atoms with Gasteiger partial charge in [-0.15, -0.1) is 5.10 Å². The lowest BCUT2D eigenvalue weighted by Crippen LogP contribution is -2.51. The van der Waals surface area contributed by atoms with Crippen LogP contribution in [0.1, 0.15) is 46.3 Å². The molecule has 2 aromatic carbocycles. The number of hydrogen-bond acceptors (Lipinski definition) is 10. The van der Waals surface area contributed by atoms with Gasteiger partial charge in [-0.2, -0.15) is 22.7 Å². The summed E-state index contributed by atoms with van der Waals surface area (Å²) >= 11 is 6.14. The molecular weight excluding hydrogens is 760 g/mol. The van der Waals surface area contributed by atoms with E-state index >= 15 is 0 Å². The quantitative estimate of drug-likeness (QED) is 0.200. The van der Waals surface area contributed by atoms with Crippen LogP contribution in [0.4, 0.5) is 28.9 Å². The highest BCUT2D eigenvalue weighted by Gasteiger charge is 2.32. The number of hydrogen-bond donors (Lipinski definition) is 2. The molecule has 0 unspecified atom stereocenters. The number of aryl methyl sites for hydroxylation is 1. The molecule has 2 N–H and O–H groups in total. The zero-order valence-electron chi connectivity index (χ0n) is 30.4. The van der Waals surface area contributed by atoms with Gasteiger partial charge in [0.15, 0.2) is 17.3 Å².